The first kappa shape index (κ1) is 19.1. The molecule has 3 aromatic carbocycles. The fourth-order valence-electron chi connectivity index (χ4n) is 2.57. The molecule has 3 aromatic rings. The van der Waals surface area contributed by atoms with Crippen molar-refractivity contribution in [2.24, 2.45) is 0 Å². The zero-order valence-corrected chi connectivity index (χ0v) is 15.9. The fourth-order valence-corrected chi connectivity index (χ4v) is 2.57. The molecule has 6 heteroatoms. The van der Waals surface area contributed by atoms with Crippen LogP contribution in [-0.4, -0.2) is 27.2 Å². The van der Waals surface area contributed by atoms with Crippen molar-refractivity contribution in [2.75, 3.05) is 26.6 Å². The van der Waals surface area contributed by atoms with Gasteiger partial charge in [-0.05, 0) is 66.7 Å². The normalized spacial score (nSPS) is 10.1. The third-order valence-corrected chi connectivity index (χ3v) is 4.05. The number of carbonyl (C=O) groups excluding carboxylic acids is 1. The van der Waals surface area contributed by atoms with Crippen molar-refractivity contribution in [1.29, 1.82) is 0 Å². The molecule has 0 saturated carbocycles. The molecule has 0 aromatic heterocycles. The second-order valence-electron chi connectivity index (χ2n) is 5.83. The van der Waals surface area contributed by atoms with Crippen molar-refractivity contribution in [1.82, 2.24) is 0 Å². The SMILES string of the molecule is COc1ccc(Oc2ccc(NC(=O)c3ccc(OC)c(OC)c3)cc2)cc1. The molecule has 3 rings (SSSR count). The molecule has 1 amide bonds. The Hall–Kier alpha value is -3.67. The lowest BCUT2D eigenvalue weighted by molar-refractivity contribution is 0.102. The van der Waals surface area contributed by atoms with Crippen LogP contribution in [0.2, 0.25) is 0 Å². The van der Waals surface area contributed by atoms with Crippen LogP contribution in [-0.2, 0) is 0 Å². The first-order valence-corrected chi connectivity index (χ1v) is 8.58. The van der Waals surface area contributed by atoms with Crippen molar-refractivity contribution in [2.45, 2.75) is 0 Å². The number of benzene rings is 3. The quantitative estimate of drug-likeness (QED) is 0.641. The van der Waals surface area contributed by atoms with Gasteiger partial charge in [-0.25, -0.2) is 0 Å². The molecule has 144 valence electrons. The smallest absolute Gasteiger partial charge is 0.255 e. The predicted molar refractivity (Wildman–Crippen MR) is 107 cm³/mol. The largest absolute Gasteiger partial charge is 0.497 e. The Bertz CT molecular complexity index is 936. The van der Waals surface area contributed by atoms with E-state index in [-0.39, 0.29) is 5.91 Å². The Kier molecular flexibility index (Phi) is 6.01. The van der Waals surface area contributed by atoms with Crippen LogP contribution in [0.5, 0.6) is 28.7 Å². The van der Waals surface area contributed by atoms with Crippen LogP contribution in [0.1, 0.15) is 10.4 Å². The summed E-state index contributed by atoms with van der Waals surface area (Å²) in [6, 6.07) is 19.4. The molecular weight excluding hydrogens is 358 g/mol. The molecule has 0 radical (unpaired) electrons. The Balaban J connectivity index is 1.65. The van der Waals surface area contributed by atoms with Gasteiger partial charge >= 0.3 is 0 Å². The van der Waals surface area contributed by atoms with E-state index >= 15 is 0 Å². The Morgan fingerprint density at radius 1 is 0.679 bits per heavy atom. The summed E-state index contributed by atoms with van der Waals surface area (Å²) in [4.78, 5) is 12.5. The number of amides is 1. The van der Waals surface area contributed by atoms with E-state index in [1.165, 1.54) is 7.11 Å². The van der Waals surface area contributed by atoms with Crippen LogP contribution in [0.15, 0.2) is 66.7 Å². The third kappa shape index (κ3) is 4.54. The second kappa shape index (κ2) is 8.81. The van der Waals surface area contributed by atoms with Gasteiger partial charge in [-0.1, -0.05) is 0 Å². The average molecular weight is 379 g/mol. The van der Waals surface area contributed by atoms with Gasteiger partial charge in [0.2, 0.25) is 0 Å². The minimum atomic E-state index is -0.246. The van der Waals surface area contributed by atoms with Gasteiger partial charge in [0.05, 0.1) is 21.3 Å². The number of nitrogens with one attached hydrogen (secondary N) is 1. The van der Waals surface area contributed by atoms with Crippen molar-refractivity contribution >= 4 is 11.6 Å². The molecule has 28 heavy (non-hydrogen) atoms. The highest BCUT2D eigenvalue weighted by Crippen LogP contribution is 2.28. The highest BCUT2D eigenvalue weighted by Gasteiger charge is 2.11. The number of rotatable bonds is 7. The lowest BCUT2D eigenvalue weighted by Gasteiger charge is -2.11. The molecule has 0 bridgehead atoms. The van der Waals surface area contributed by atoms with E-state index in [0.717, 1.165) is 5.75 Å². The van der Waals surface area contributed by atoms with Gasteiger partial charge in [0.25, 0.3) is 5.91 Å². The average Bonchev–Trinajstić information content (AvgIpc) is 2.75. The van der Waals surface area contributed by atoms with Crippen LogP contribution in [0.4, 0.5) is 5.69 Å². The number of anilines is 1. The zero-order valence-electron chi connectivity index (χ0n) is 15.9. The van der Waals surface area contributed by atoms with Crippen LogP contribution in [0.25, 0.3) is 0 Å². The third-order valence-electron chi connectivity index (χ3n) is 4.05. The minimum absolute atomic E-state index is 0.246. The Morgan fingerprint density at radius 3 is 1.82 bits per heavy atom. The molecule has 0 saturated heterocycles. The number of carbonyl (C=O) groups is 1. The molecule has 1 N–H and O–H groups in total. The van der Waals surface area contributed by atoms with Gasteiger partial charge in [-0.2, -0.15) is 0 Å². The highest BCUT2D eigenvalue weighted by molar-refractivity contribution is 6.04. The standard InChI is InChI=1S/C22H21NO5/c1-25-17-9-11-19(12-10-17)28-18-7-5-16(6-8-18)23-22(24)15-4-13-20(26-2)21(14-15)27-3/h4-14H,1-3H3,(H,23,24). The summed E-state index contributed by atoms with van der Waals surface area (Å²) in [6.45, 7) is 0. The molecule has 0 atom stereocenters. The monoisotopic (exact) mass is 379 g/mol. The van der Waals surface area contributed by atoms with Crippen LogP contribution in [0.3, 0.4) is 0 Å². The van der Waals surface area contributed by atoms with Gasteiger partial charge in [0.15, 0.2) is 11.5 Å². The fraction of sp³-hybridized carbons (Fsp3) is 0.136. The number of hydrogen-bond donors (Lipinski definition) is 1. The van der Waals surface area contributed by atoms with Gasteiger partial charge in [-0.3, -0.25) is 4.79 Å². The van der Waals surface area contributed by atoms with Gasteiger partial charge in [0.1, 0.15) is 17.2 Å². The summed E-state index contributed by atoms with van der Waals surface area (Å²) < 4.78 is 21.3. The van der Waals surface area contributed by atoms with Crippen LogP contribution in [0, 0.1) is 0 Å². The topological polar surface area (TPSA) is 66.0 Å². The van der Waals surface area contributed by atoms with E-state index in [1.807, 2.05) is 24.3 Å². The summed E-state index contributed by atoms with van der Waals surface area (Å²) in [6.07, 6.45) is 0. The first-order valence-electron chi connectivity index (χ1n) is 8.58. The molecule has 0 unspecified atom stereocenters. The zero-order chi connectivity index (χ0) is 19.9. The number of hydrogen-bond acceptors (Lipinski definition) is 5. The maximum Gasteiger partial charge on any atom is 0.255 e. The summed E-state index contributed by atoms with van der Waals surface area (Å²) in [5.41, 5.74) is 1.12. The van der Waals surface area contributed by atoms with E-state index in [4.69, 9.17) is 18.9 Å². The first-order chi connectivity index (χ1) is 13.6. The van der Waals surface area contributed by atoms with E-state index in [0.29, 0.717) is 34.2 Å². The molecule has 0 heterocycles. The molecule has 0 aliphatic rings. The van der Waals surface area contributed by atoms with E-state index in [9.17, 15) is 4.79 Å². The minimum Gasteiger partial charge on any atom is -0.497 e. The molecule has 0 aliphatic heterocycles. The number of ether oxygens (including phenoxy) is 4. The van der Waals surface area contributed by atoms with Crippen LogP contribution < -0.4 is 24.3 Å². The number of methoxy groups -OCH3 is 3. The van der Waals surface area contributed by atoms with Gasteiger partial charge in [-0.15, -0.1) is 0 Å². The molecule has 0 fully saturated rings. The molecule has 0 spiro atoms. The highest BCUT2D eigenvalue weighted by atomic mass is 16.5. The molecular formula is C22H21NO5. The maximum absolute atomic E-state index is 12.5. The van der Waals surface area contributed by atoms with E-state index < -0.39 is 0 Å². The van der Waals surface area contributed by atoms with E-state index in [1.54, 1.807) is 56.7 Å². The summed E-state index contributed by atoms with van der Waals surface area (Å²) in [5.74, 6) is 2.94. The molecule has 0 aliphatic carbocycles. The lowest BCUT2D eigenvalue weighted by Crippen LogP contribution is -2.12. The van der Waals surface area contributed by atoms with Crippen molar-refractivity contribution in [3.63, 3.8) is 0 Å². The Labute approximate surface area is 163 Å². The van der Waals surface area contributed by atoms with Gasteiger partial charge in [0, 0.05) is 11.3 Å². The van der Waals surface area contributed by atoms with Gasteiger partial charge < -0.3 is 24.3 Å². The maximum atomic E-state index is 12.5. The summed E-state index contributed by atoms with van der Waals surface area (Å²) in [5, 5.41) is 2.85. The Morgan fingerprint density at radius 2 is 1.25 bits per heavy atom. The summed E-state index contributed by atoms with van der Waals surface area (Å²) >= 11 is 0. The predicted octanol–water partition coefficient (Wildman–Crippen LogP) is 4.76. The lowest BCUT2D eigenvalue weighted by atomic mass is 10.2. The van der Waals surface area contributed by atoms with Crippen molar-refractivity contribution < 1.29 is 23.7 Å². The second-order valence-corrected chi connectivity index (χ2v) is 5.83. The van der Waals surface area contributed by atoms with Crippen LogP contribution >= 0.6 is 0 Å². The summed E-state index contributed by atoms with van der Waals surface area (Å²) in [7, 11) is 4.69. The van der Waals surface area contributed by atoms with Crippen molar-refractivity contribution in [3.8, 4) is 28.7 Å². The van der Waals surface area contributed by atoms with Crippen molar-refractivity contribution in [3.05, 3.63) is 72.3 Å². The molecule has 6 nitrogen and oxygen atoms in total. The van der Waals surface area contributed by atoms with E-state index in [2.05, 4.69) is 5.32 Å².